The van der Waals surface area contributed by atoms with Gasteiger partial charge in [0, 0.05) is 11.4 Å². The van der Waals surface area contributed by atoms with Gasteiger partial charge in [-0.2, -0.15) is 4.68 Å². The number of benzene rings is 1. The van der Waals surface area contributed by atoms with Gasteiger partial charge in [0.1, 0.15) is 0 Å². The first-order valence-electron chi connectivity index (χ1n) is 9.41. The van der Waals surface area contributed by atoms with Crippen LogP contribution in [0.15, 0.2) is 36.4 Å². The highest BCUT2D eigenvalue weighted by Gasteiger charge is 2.23. The average Bonchev–Trinajstić information content (AvgIpc) is 2.93. The molecule has 3 heterocycles. The zero-order chi connectivity index (χ0) is 18.1. The second-order valence-corrected chi connectivity index (χ2v) is 7.86. The van der Waals surface area contributed by atoms with E-state index < -0.39 is 0 Å². The van der Waals surface area contributed by atoms with Crippen molar-refractivity contribution in [1.29, 1.82) is 0 Å². The molecule has 1 N–H and O–H groups in total. The quantitative estimate of drug-likeness (QED) is 0.719. The van der Waals surface area contributed by atoms with Crippen molar-refractivity contribution in [2.75, 3.05) is 13.1 Å². The number of quaternary nitrogens is 1. The van der Waals surface area contributed by atoms with Crippen molar-refractivity contribution in [1.82, 2.24) is 19.2 Å². The summed E-state index contributed by atoms with van der Waals surface area (Å²) in [5, 5.41) is 4.66. The van der Waals surface area contributed by atoms with E-state index in [0.717, 1.165) is 28.7 Å². The Morgan fingerprint density at radius 3 is 2.62 bits per heavy atom. The lowest BCUT2D eigenvalue weighted by Gasteiger charge is -2.29. The van der Waals surface area contributed by atoms with Gasteiger partial charge in [0.05, 0.1) is 13.1 Å². The van der Waals surface area contributed by atoms with Crippen LogP contribution in [-0.2, 0) is 13.1 Å². The maximum atomic E-state index is 5.65. The Bertz CT molecular complexity index is 951. The summed E-state index contributed by atoms with van der Waals surface area (Å²) in [4.78, 5) is 6.08. The van der Waals surface area contributed by atoms with Crippen LogP contribution in [-0.4, -0.2) is 32.3 Å². The Balaban J connectivity index is 1.42. The molecule has 1 aliphatic heterocycles. The molecule has 26 heavy (non-hydrogen) atoms. The number of hydrogen-bond donors (Lipinski definition) is 1. The number of rotatable bonds is 4. The van der Waals surface area contributed by atoms with E-state index in [1.54, 1.807) is 4.90 Å². The lowest BCUT2D eigenvalue weighted by molar-refractivity contribution is -0.929. The molecule has 1 fully saturated rings. The normalized spacial score (nSPS) is 20.5. The van der Waals surface area contributed by atoms with Crippen molar-refractivity contribution in [3.63, 3.8) is 0 Å². The van der Waals surface area contributed by atoms with Crippen LogP contribution >= 0.6 is 12.2 Å². The molecule has 0 saturated carbocycles. The lowest BCUT2D eigenvalue weighted by Crippen LogP contribution is -3.12. The molecule has 0 radical (unpaired) electrons. The summed E-state index contributed by atoms with van der Waals surface area (Å²) in [5.74, 6) is 1.51. The van der Waals surface area contributed by atoms with Crippen LogP contribution in [0.4, 0.5) is 0 Å². The zero-order valence-corrected chi connectivity index (χ0v) is 16.3. The van der Waals surface area contributed by atoms with Gasteiger partial charge in [-0.15, -0.1) is 5.10 Å². The molecule has 0 bridgehead atoms. The SMILES string of the molecule is Cc1cc(C)n2c(=S)n(C[NH+]3CCC(Cc4ccccc4)CC3)nc2n1. The van der Waals surface area contributed by atoms with E-state index in [0.29, 0.717) is 5.78 Å². The summed E-state index contributed by atoms with van der Waals surface area (Å²) in [6.07, 6.45) is 3.73. The second kappa shape index (κ2) is 7.29. The number of aromatic nitrogens is 4. The minimum absolute atomic E-state index is 0.714. The van der Waals surface area contributed by atoms with Crippen LogP contribution in [0.2, 0.25) is 0 Å². The first-order valence-corrected chi connectivity index (χ1v) is 9.82. The van der Waals surface area contributed by atoms with Gasteiger partial charge in [-0.25, -0.2) is 4.98 Å². The average molecular weight is 369 g/mol. The fourth-order valence-electron chi connectivity index (χ4n) is 4.04. The monoisotopic (exact) mass is 368 g/mol. The van der Waals surface area contributed by atoms with Crippen LogP contribution < -0.4 is 4.90 Å². The van der Waals surface area contributed by atoms with Gasteiger partial charge >= 0.3 is 0 Å². The van der Waals surface area contributed by atoms with E-state index >= 15 is 0 Å². The van der Waals surface area contributed by atoms with E-state index in [4.69, 9.17) is 12.2 Å². The summed E-state index contributed by atoms with van der Waals surface area (Å²) >= 11 is 5.65. The Hall–Kier alpha value is -2.05. The van der Waals surface area contributed by atoms with Crippen molar-refractivity contribution in [3.8, 4) is 0 Å². The van der Waals surface area contributed by atoms with Gasteiger partial charge in [0.2, 0.25) is 4.77 Å². The van der Waals surface area contributed by atoms with E-state index in [2.05, 4.69) is 53.4 Å². The van der Waals surface area contributed by atoms with E-state index in [9.17, 15) is 0 Å². The molecule has 1 saturated heterocycles. The van der Waals surface area contributed by atoms with Crippen molar-refractivity contribution >= 4 is 18.0 Å². The van der Waals surface area contributed by atoms with Gasteiger partial charge in [-0.3, -0.25) is 4.40 Å². The molecule has 0 amide bonds. The minimum atomic E-state index is 0.714. The van der Waals surface area contributed by atoms with Gasteiger partial charge in [0.15, 0.2) is 6.67 Å². The summed E-state index contributed by atoms with van der Waals surface area (Å²) in [7, 11) is 0. The second-order valence-electron chi connectivity index (χ2n) is 7.50. The van der Waals surface area contributed by atoms with Crippen LogP contribution in [0.25, 0.3) is 5.78 Å². The van der Waals surface area contributed by atoms with Gasteiger partial charge in [0.25, 0.3) is 5.78 Å². The molecule has 0 aliphatic carbocycles. The molecule has 0 spiro atoms. The largest absolute Gasteiger partial charge is 0.316 e. The minimum Gasteiger partial charge on any atom is -0.316 e. The van der Waals surface area contributed by atoms with E-state index in [1.807, 2.05) is 16.0 Å². The topological polar surface area (TPSA) is 39.6 Å². The van der Waals surface area contributed by atoms with Crippen molar-refractivity contribution in [2.24, 2.45) is 5.92 Å². The number of aryl methyl sites for hydroxylation is 2. The Morgan fingerprint density at radius 2 is 1.88 bits per heavy atom. The molecule has 2 aromatic heterocycles. The third-order valence-corrected chi connectivity index (χ3v) is 5.82. The number of nitrogens with zero attached hydrogens (tertiary/aromatic N) is 4. The first-order chi connectivity index (χ1) is 12.6. The summed E-state index contributed by atoms with van der Waals surface area (Å²) in [6, 6.07) is 12.9. The third-order valence-electron chi connectivity index (χ3n) is 5.42. The third kappa shape index (κ3) is 3.57. The summed E-state index contributed by atoms with van der Waals surface area (Å²) in [5.41, 5.74) is 3.54. The Kier molecular flexibility index (Phi) is 4.87. The fraction of sp³-hybridized carbons (Fsp3) is 0.450. The van der Waals surface area contributed by atoms with Crippen LogP contribution in [0.3, 0.4) is 0 Å². The molecule has 1 aliphatic rings. The standard InChI is InChI=1S/C20H25N5S/c1-15-12-16(2)25-19(21-15)22-24(20(25)26)14-23-10-8-18(9-11-23)13-17-6-4-3-5-7-17/h3-7,12,18H,8-11,13-14H2,1-2H3/p+1. The van der Waals surface area contributed by atoms with Crippen LogP contribution in [0.1, 0.15) is 29.8 Å². The van der Waals surface area contributed by atoms with Gasteiger partial charge < -0.3 is 4.90 Å². The molecular formula is C20H26N5S+. The van der Waals surface area contributed by atoms with Gasteiger partial charge in [-0.05, 0) is 62.9 Å². The number of fused-ring (bicyclic) bond motifs is 1. The molecular weight excluding hydrogens is 342 g/mol. The highest BCUT2D eigenvalue weighted by molar-refractivity contribution is 7.71. The number of hydrogen-bond acceptors (Lipinski definition) is 3. The molecule has 0 unspecified atom stereocenters. The molecule has 0 atom stereocenters. The molecule has 5 nitrogen and oxygen atoms in total. The van der Waals surface area contributed by atoms with Crippen molar-refractivity contribution in [2.45, 2.75) is 39.8 Å². The lowest BCUT2D eigenvalue weighted by atomic mass is 9.90. The highest BCUT2D eigenvalue weighted by atomic mass is 32.1. The number of piperidine rings is 1. The summed E-state index contributed by atoms with van der Waals surface area (Å²) < 4.78 is 4.69. The molecule has 3 aromatic rings. The first kappa shape index (κ1) is 17.4. The maximum absolute atomic E-state index is 5.65. The van der Waals surface area contributed by atoms with Crippen molar-refractivity contribution in [3.05, 3.63) is 58.1 Å². The van der Waals surface area contributed by atoms with E-state index in [1.165, 1.54) is 37.9 Å². The Morgan fingerprint density at radius 1 is 1.15 bits per heavy atom. The number of nitrogens with one attached hydrogen (secondary N) is 1. The maximum Gasteiger partial charge on any atom is 0.254 e. The number of likely N-dealkylation sites (tertiary alicyclic amines) is 1. The molecule has 6 heteroatoms. The zero-order valence-electron chi connectivity index (χ0n) is 15.5. The highest BCUT2D eigenvalue weighted by Crippen LogP contribution is 2.16. The predicted octanol–water partition coefficient (Wildman–Crippen LogP) is 2.37. The predicted molar refractivity (Wildman–Crippen MR) is 105 cm³/mol. The van der Waals surface area contributed by atoms with Gasteiger partial charge in [-0.1, -0.05) is 30.3 Å². The molecule has 4 rings (SSSR count). The molecule has 136 valence electrons. The fourth-order valence-corrected chi connectivity index (χ4v) is 4.38. The Labute approximate surface area is 159 Å². The summed E-state index contributed by atoms with van der Waals surface area (Å²) in [6.45, 7) is 7.25. The smallest absolute Gasteiger partial charge is 0.254 e. The van der Waals surface area contributed by atoms with E-state index in [-0.39, 0.29) is 0 Å². The molecule has 1 aromatic carbocycles. The van der Waals surface area contributed by atoms with Crippen LogP contribution in [0.5, 0.6) is 0 Å². The van der Waals surface area contributed by atoms with Crippen LogP contribution in [0, 0.1) is 24.5 Å². The van der Waals surface area contributed by atoms with Crippen molar-refractivity contribution < 1.29 is 4.90 Å².